The van der Waals surface area contributed by atoms with Crippen molar-refractivity contribution in [3.8, 4) is 0 Å². The fourth-order valence-corrected chi connectivity index (χ4v) is 2.07. The summed E-state index contributed by atoms with van der Waals surface area (Å²) >= 11 is 0. The molecule has 0 atom stereocenters. The van der Waals surface area contributed by atoms with Crippen LogP contribution < -0.4 is 0 Å². The molecule has 1 saturated heterocycles. The quantitative estimate of drug-likeness (QED) is 0.695. The first-order valence-electron chi connectivity index (χ1n) is 5.77. The van der Waals surface area contributed by atoms with Gasteiger partial charge in [0.1, 0.15) is 6.61 Å². The van der Waals surface area contributed by atoms with Crippen molar-refractivity contribution in [2.75, 3.05) is 47.0 Å². The van der Waals surface area contributed by atoms with Crippen LogP contribution in [0.3, 0.4) is 0 Å². The minimum atomic E-state index is -0.389. The zero-order valence-electron chi connectivity index (χ0n) is 10.2. The van der Waals surface area contributed by atoms with Gasteiger partial charge in [0.15, 0.2) is 0 Å². The van der Waals surface area contributed by atoms with E-state index in [2.05, 4.69) is 4.90 Å². The van der Waals surface area contributed by atoms with Gasteiger partial charge in [0.2, 0.25) is 5.91 Å². The Morgan fingerprint density at radius 1 is 1.50 bits per heavy atom. The summed E-state index contributed by atoms with van der Waals surface area (Å²) in [6.45, 7) is 3.32. The van der Waals surface area contributed by atoms with Crippen LogP contribution >= 0.6 is 0 Å². The molecule has 0 aromatic rings. The van der Waals surface area contributed by atoms with Gasteiger partial charge in [-0.3, -0.25) is 4.79 Å². The number of piperidine rings is 1. The molecule has 1 aliphatic heterocycles. The Labute approximate surface area is 97.0 Å². The van der Waals surface area contributed by atoms with E-state index in [9.17, 15) is 4.79 Å². The number of ether oxygens (including phenoxy) is 1. The fraction of sp³-hybridized carbons (Fsp3) is 0.909. The molecule has 0 unspecified atom stereocenters. The molecule has 1 N–H and O–H groups in total. The molecular formula is C11H22N2O3. The van der Waals surface area contributed by atoms with Gasteiger partial charge in [0.25, 0.3) is 0 Å². The third-order valence-corrected chi connectivity index (χ3v) is 3.25. The number of nitrogens with zero attached hydrogens (tertiary/aromatic N) is 2. The highest BCUT2D eigenvalue weighted by Gasteiger charge is 2.24. The van der Waals surface area contributed by atoms with Crippen LogP contribution in [0.1, 0.15) is 12.8 Å². The lowest BCUT2D eigenvalue weighted by Gasteiger charge is -2.36. The van der Waals surface area contributed by atoms with E-state index < -0.39 is 0 Å². The van der Waals surface area contributed by atoms with Crippen molar-refractivity contribution in [3.05, 3.63) is 0 Å². The number of aliphatic hydroxyl groups excluding tert-OH is 1. The van der Waals surface area contributed by atoms with Gasteiger partial charge in [-0.25, -0.2) is 0 Å². The predicted molar refractivity (Wildman–Crippen MR) is 61.2 cm³/mol. The molecule has 5 nitrogen and oxygen atoms in total. The van der Waals surface area contributed by atoms with Crippen molar-refractivity contribution < 1.29 is 14.6 Å². The summed E-state index contributed by atoms with van der Waals surface area (Å²) in [5, 5.41) is 8.79. The molecule has 0 aliphatic carbocycles. The van der Waals surface area contributed by atoms with Gasteiger partial charge in [-0.2, -0.15) is 0 Å². The molecular weight excluding hydrogens is 208 g/mol. The van der Waals surface area contributed by atoms with Crippen LogP contribution in [0.4, 0.5) is 0 Å². The highest BCUT2D eigenvalue weighted by molar-refractivity contribution is 5.77. The number of hydrogen-bond donors (Lipinski definition) is 1. The van der Waals surface area contributed by atoms with Gasteiger partial charge in [-0.15, -0.1) is 0 Å². The molecule has 1 rings (SSSR count). The molecule has 1 fully saturated rings. The standard InChI is InChI=1S/C11H22N2O3/c1-12(11(15)9-14)10-3-5-13(6-4-10)7-8-16-2/h10,14H,3-9H2,1-2H3. The molecule has 1 heterocycles. The van der Waals surface area contributed by atoms with E-state index in [4.69, 9.17) is 9.84 Å². The van der Waals surface area contributed by atoms with Gasteiger partial charge in [0, 0.05) is 39.8 Å². The van der Waals surface area contributed by atoms with Crippen molar-refractivity contribution in [1.29, 1.82) is 0 Å². The second kappa shape index (κ2) is 6.83. The fourth-order valence-electron chi connectivity index (χ4n) is 2.07. The average Bonchev–Trinajstić information content (AvgIpc) is 2.35. The zero-order chi connectivity index (χ0) is 12.0. The molecule has 16 heavy (non-hydrogen) atoms. The first-order valence-corrected chi connectivity index (χ1v) is 5.77. The second-order valence-electron chi connectivity index (χ2n) is 4.23. The van der Waals surface area contributed by atoms with E-state index in [0.29, 0.717) is 0 Å². The summed E-state index contributed by atoms with van der Waals surface area (Å²) in [7, 11) is 3.48. The molecule has 0 radical (unpaired) electrons. The second-order valence-corrected chi connectivity index (χ2v) is 4.23. The van der Waals surface area contributed by atoms with Crippen molar-refractivity contribution in [2.45, 2.75) is 18.9 Å². The summed E-state index contributed by atoms with van der Waals surface area (Å²) in [6, 6.07) is 0.276. The minimum absolute atomic E-state index is 0.185. The Balaban J connectivity index is 2.28. The molecule has 0 saturated carbocycles. The third kappa shape index (κ3) is 3.73. The summed E-state index contributed by atoms with van der Waals surface area (Å²) in [4.78, 5) is 15.3. The Kier molecular flexibility index (Phi) is 5.73. The lowest BCUT2D eigenvalue weighted by molar-refractivity contribution is -0.135. The highest BCUT2D eigenvalue weighted by atomic mass is 16.5. The number of likely N-dealkylation sites (N-methyl/N-ethyl adjacent to an activating group) is 1. The first kappa shape index (κ1) is 13.4. The number of methoxy groups -OCH3 is 1. The molecule has 1 amide bonds. The van der Waals surface area contributed by atoms with Crippen molar-refractivity contribution in [2.24, 2.45) is 0 Å². The van der Waals surface area contributed by atoms with Gasteiger partial charge in [-0.1, -0.05) is 0 Å². The molecule has 0 aromatic carbocycles. The van der Waals surface area contributed by atoms with Crippen LogP contribution in [-0.2, 0) is 9.53 Å². The van der Waals surface area contributed by atoms with Crippen LogP contribution in [0.15, 0.2) is 0 Å². The van der Waals surface area contributed by atoms with Gasteiger partial charge >= 0.3 is 0 Å². The van der Waals surface area contributed by atoms with Gasteiger partial charge in [0.05, 0.1) is 6.61 Å². The number of aliphatic hydroxyl groups is 1. The van der Waals surface area contributed by atoms with E-state index >= 15 is 0 Å². The van der Waals surface area contributed by atoms with Crippen LogP contribution in [-0.4, -0.2) is 73.9 Å². The van der Waals surface area contributed by atoms with Crippen molar-refractivity contribution in [1.82, 2.24) is 9.80 Å². The average molecular weight is 230 g/mol. The maximum Gasteiger partial charge on any atom is 0.248 e. The SMILES string of the molecule is COCCN1CCC(N(C)C(=O)CO)CC1. The van der Waals surface area contributed by atoms with E-state index in [-0.39, 0.29) is 18.6 Å². The Bertz CT molecular complexity index is 215. The summed E-state index contributed by atoms with van der Waals surface area (Å²) in [6.07, 6.45) is 1.96. The maximum atomic E-state index is 11.3. The largest absolute Gasteiger partial charge is 0.387 e. The Hall–Kier alpha value is -0.650. The zero-order valence-corrected chi connectivity index (χ0v) is 10.2. The Morgan fingerprint density at radius 2 is 2.12 bits per heavy atom. The third-order valence-electron chi connectivity index (χ3n) is 3.25. The lowest BCUT2D eigenvalue weighted by atomic mass is 10.0. The minimum Gasteiger partial charge on any atom is -0.387 e. The van der Waals surface area contributed by atoms with E-state index in [1.165, 1.54) is 0 Å². The number of hydrogen-bond acceptors (Lipinski definition) is 4. The van der Waals surface area contributed by atoms with Gasteiger partial charge < -0.3 is 19.6 Å². The predicted octanol–water partition coefficient (Wildman–Crippen LogP) is -0.452. The van der Waals surface area contributed by atoms with E-state index in [1.807, 2.05) is 0 Å². The first-order chi connectivity index (χ1) is 7.69. The Morgan fingerprint density at radius 3 is 2.62 bits per heavy atom. The summed E-state index contributed by atoms with van der Waals surface area (Å²) in [5.74, 6) is -0.185. The number of rotatable bonds is 5. The molecule has 5 heteroatoms. The van der Waals surface area contributed by atoms with Crippen LogP contribution in [0.25, 0.3) is 0 Å². The van der Waals surface area contributed by atoms with Crippen LogP contribution in [0, 0.1) is 0 Å². The molecule has 0 spiro atoms. The lowest BCUT2D eigenvalue weighted by Crippen LogP contribution is -2.46. The van der Waals surface area contributed by atoms with E-state index in [0.717, 1.165) is 39.1 Å². The number of amides is 1. The summed E-state index contributed by atoms with van der Waals surface area (Å²) in [5.41, 5.74) is 0. The van der Waals surface area contributed by atoms with E-state index in [1.54, 1.807) is 19.1 Å². The molecule has 0 aromatic heterocycles. The molecule has 1 aliphatic rings. The molecule has 94 valence electrons. The number of carbonyl (C=O) groups excluding carboxylic acids is 1. The van der Waals surface area contributed by atoms with Crippen LogP contribution in [0.5, 0.6) is 0 Å². The number of carbonyl (C=O) groups is 1. The topological polar surface area (TPSA) is 53.0 Å². The molecule has 0 bridgehead atoms. The smallest absolute Gasteiger partial charge is 0.248 e. The van der Waals surface area contributed by atoms with Gasteiger partial charge in [-0.05, 0) is 12.8 Å². The summed E-state index contributed by atoms with van der Waals surface area (Å²) < 4.78 is 5.04. The van der Waals surface area contributed by atoms with Crippen LogP contribution in [0.2, 0.25) is 0 Å². The normalized spacial score (nSPS) is 18.7. The van der Waals surface area contributed by atoms with Crippen molar-refractivity contribution in [3.63, 3.8) is 0 Å². The van der Waals surface area contributed by atoms with Crippen molar-refractivity contribution >= 4 is 5.91 Å². The highest BCUT2D eigenvalue weighted by Crippen LogP contribution is 2.15. The maximum absolute atomic E-state index is 11.3. The number of likely N-dealkylation sites (tertiary alicyclic amines) is 1. The monoisotopic (exact) mass is 230 g/mol.